The molecular formula is C7H6ClN5O2S. The van der Waals surface area contributed by atoms with E-state index < -0.39 is 10.0 Å². The number of hydrogen-bond acceptors (Lipinski definition) is 5. The lowest BCUT2D eigenvalue weighted by molar-refractivity contribution is 0.598. The number of nitrogens with zero attached hydrogens (tertiary/aromatic N) is 3. The number of sulfonamides is 1. The van der Waals surface area contributed by atoms with E-state index >= 15 is 0 Å². The lowest BCUT2D eigenvalue weighted by Crippen LogP contribution is -2.14. The molecule has 9 heteroatoms. The molecule has 2 aromatic heterocycles. The highest BCUT2D eigenvalue weighted by Gasteiger charge is 2.17. The normalized spacial score (nSPS) is 11.3. The average molecular weight is 260 g/mol. The van der Waals surface area contributed by atoms with E-state index in [1.54, 1.807) is 0 Å². The molecule has 0 aliphatic rings. The third-order valence-corrected chi connectivity index (χ3v) is 3.19. The lowest BCUT2D eigenvalue weighted by atomic mass is 10.7. The first kappa shape index (κ1) is 10.8. The molecular weight excluding hydrogens is 254 g/mol. The van der Waals surface area contributed by atoms with Gasteiger partial charge < -0.3 is 4.98 Å². The Morgan fingerprint density at radius 1 is 1.31 bits per heavy atom. The fraction of sp³-hybridized carbons (Fsp3) is 0. The molecule has 2 heterocycles. The van der Waals surface area contributed by atoms with Crippen LogP contribution in [0.25, 0.3) is 0 Å². The first-order valence-electron chi connectivity index (χ1n) is 4.07. The minimum Gasteiger partial charge on any atom is -0.334 e. The smallest absolute Gasteiger partial charge is 0.280 e. The summed E-state index contributed by atoms with van der Waals surface area (Å²) in [4.78, 5) is 13.5. The quantitative estimate of drug-likeness (QED) is 0.843. The van der Waals surface area contributed by atoms with Gasteiger partial charge in [-0.3, -0.25) is 4.72 Å². The number of imidazole rings is 1. The molecule has 0 amide bonds. The molecule has 0 saturated carbocycles. The van der Waals surface area contributed by atoms with Crippen LogP contribution in [0.15, 0.2) is 29.9 Å². The van der Waals surface area contributed by atoms with Crippen molar-refractivity contribution < 1.29 is 8.42 Å². The zero-order chi connectivity index (χ0) is 11.6. The van der Waals surface area contributed by atoms with Crippen LogP contribution in [0.1, 0.15) is 0 Å². The highest BCUT2D eigenvalue weighted by Crippen LogP contribution is 2.17. The van der Waals surface area contributed by atoms with Gasteiger partial charge in [0.2, 0.25) is 0 Å². The molecule has 2 aromatic rings. The summed E-state index contributed by atoms with van der Waals surface area (Å²) in [6.07, 6.45) is 5.12. The molecule has 0 aliphatic heterocycles. The van der Waals surface area contributed by atoms with E-state index in [0.29, 0.717) is 0 Å². The average Bonchev–Trinajstić information content (AvgIpc) is 2.75. The molecule has 16 heavy (non-hydrogen) atoms. The monoisotopic (exact) mass is 259 g/mol. The predicted octanol–water partition coefficient (Wildman–Crippen LogP) is 0.654. The zero-order valence-corrected chi connectivity index (χ0v) is 9.33. The molecule has 0 spiro atoms. The van der Waals surface area contributed by atoms with Crippen molar-refractivity contribution in [3.05, 3.63) is 30.1 Å². The van der Waals surface area contributed by atoms with Gasteiger partial charge in [-0.05, 0) is 0 Å². The van der Waals surface area contributed by atoms with E-state index in [2.05, 4.69) is 24.7 Å². The Morgan fingerprint density at radius 3 is 2.69 bits per heavy atom. The SMILES string of the molecule is O=S(=O)(Nc1nccnc1Cl)c1cnc[nH]1. The predicted molar refractivity (Wildman–Crippen MR) is 56.4 cm³/mol. The van der Waals surface area contributed by atoms with Crippen LogP contribution < -0.4 is 4.72 Å². The molecule has 0 fully saturated rings. The first-order chi connectivity index (χ1) is 7.59. The summed E-state index contributed by atoms with van der Waals surface area (Å²) in [5, 5.41) is -0.0974. The van der Waals surface area contributed by atoms with Crippen molar-refractivity contribution in [1.29, 1.82) is 0 Å². The van der Waals surface area contributed by atoms with E-state index in [0.717, 1.165) is 0 Å². The summed E-state index contributed by atoms with van der Waals surface area (Å²) in [7, 11) is -3.75. The van der Waals surface area contributed by atoms with Crippen LogP contribution >= 0.6 is 11.6 Å². The maximum absolute atomic E-state index is 11.7. The summed E-state index contributed by atoms with van der Waals surface area (Å²) in [6.45, 7) is 0. The van der Waals surface area contributed by atoms with Crippen molar-refractivity contribution in [1.82, 2.24) is 19.9 Å². The summed E-state index contributed by atoms with van der Waals surface area (Å²) in [5.41, 5.74) is 0. The molecule has 0 aliphatic carbocycles. The van der Waals surface area contributed by atoms with Crippen LogP contribution in [-0.2, 0) is 10.0 Å². The van der Waals surface area contributed by atoms with Gasteiger partial charge in [0.15, 0.2) is 16.0 Å². The number of nitrogens with one attached hydrogen (secondary N) is 2. The standard InChI is InChI=1S/C7H6ClN5O2S/c8-6-7(11-2-1-10-6)13-16(14,15)5-3-9-4-12-5/h1-4H,(H,9,12)(H,11,13). The minimum absolute atomic E-state index is 0.0226. The Kier molecular flexibility index (Phi) is 2.75. The van der Waals surface area contributed by atoms with Gasteiger partial charge in [-0.1, -0.05) is 11.6 Å². The fourth-order valence-corrected chi connectivity index (χ4v) is 2.09. The third-order valence-electron chi connectivity index (χ3n) is 1.65. The van der Waals surface area contributed by atoms with Gasteiger partial charge in [-0.2, -0.15) is 8.42 Å². The molecule has 0 bridgehead atoms. The van der Waals surface area contributed by atoms with Crippen LogP contribution in [0.4, 0.5) is 5.82 Å². The van der Waals surface area contributed by atoms with Crippen molar-refractivity contribution in [3.63, 3.8) is 0 Å². The van der Waals surface area contributed by atoms with Gasteiger partial charge in [-0.15, -0.1) is 0 Å². The van der Waals surface area contributed by atoms with Gasteiger partial charge >= 0.3 is 0 Å². The Labute approximate surface area is 96.0 Å². The summed E-state index contributed by atoms with van der Waals surface area (Å²) < 4.78 is 25.6. The van der Waals surface area contributed by atoms with Crippen LogP contribution in [0.2, 0.25) is 5.15 Å². The fourth-order valence-electron chi connectivity index (χ4n) is 0.962. The number of rotatable bonds is 3. The second kappa shape index (κ2) is 4.06. The van der Waals surface area contributed by atoms with Crippen LogP contribution in [0.3, 0.4) is 0 Å². The minimum atomic E-state index is -3.75. The summed E-state index contributed by atoms with van der Waals surface area (Å²) in [6, 6.07) is 0. The van der Waals surface area contributed by atoms with E-state index in [-0.39, 0.29) is 16.0 Å². The molecule has 2 rings (SSSR count). The van der Waals surface area contributed by atoms with E-state index in [9.17, 15) is 8.42 Å². The molecule has 0 atom stereocenters. The van der Waals surface area contributed by atoms with E-state index in [1.165, 1.54) is 24.9 Å². The van der Waals surface area contributed by atoms with Gasteiger partial charge in [-0.25, -0.2) is 15.0 Å². The highest BCUT2D eigenvalue weighted by atomic mass is 35.5. The number of aromatic nitrogens is 4. The van der Waals surface area contributed by atoms with Crippen LogP contribution in [0, 0.1) is 0 Å². The van der Waals surface area contributed by atoms with E-state index in [1.807, 2.05) is 0 Å². The van der Waals surface area contributed by atoms with Crippen molar-refractivity contribution in [3.8, 4) is 0 Å². The maximum atomic E-state index is 11.7. The van der Waals surface area contributed by atoms with Gasteiger partial charge in [0, 0.05) is 12.4 Å². The molecule has 2 N–H and O–H groups in total. The third kappa shape index (κ3) is 2.12. The number of H-pyrrole nitrogens is 1. The topological polar surface area (TPSA) is 101 Å². The molecule has 0 aromatic carbocycles. The van der Waals surface area contributed by atoms with E-state index in [4.69, 9.17) is 11.6 Å². The van der Waals surface area contributed by atoms with Crippen LogP contribution in [-0.4, -0.2) is 28.4 Å². The van der Waals surface area contributed by atoms with Gasteiger partial charge in [0.25, 0.3) is 10.0 Å². The summed E-state index contributed by atoms with van der Waals surface area (Å²) >= 11 is 5.67. The number of aromatic amines is 1. The molecule has 7 nitrogen and oxygen atoms in total. The second-order valence-electron chi connectivity index (χ2n) is 2.72. The van der Waals surface area contributed by atoms with Crippen molar-refractivity contribution in [2.24, 2.45) is 0 Å². The second-order valence-corrected chi connectivity index (χ2v) is 4.73. The van der Waals surface area contributed by atoms with Gasteiger partial charge in [0.1, 0.15) is 0 Å². The number of halogens is 1. The lowest BCUT2D eigenvalue weighted by Gasteiger charge is -2.05. The molecule has 0 radical (unpaired) electrons. The largest absolute Gasteiger partial charge is 0.334 e. The highest BCUT2D eigenvalue weighted by molar-refractivity contribution is 7.92. The molecule has 0 saturated heterocycles. The van der Waals surface area contributed by atoms with Crippen molar-refractivity contribution in [2.45, 2.75) is 5.03 Å². The molecule has 0 unspecified atom stereocenters. The Morgan fingerprint density at radius 2 is 2.06 bits per heavy atom. The van der Waals surface area contributed by atoms with Crippen molar-refractivity contribution >= 4 is 27.4 Å². The van der Waals surface area contributed by atoms with Gasteiger partial charge in [0.05, 0.1) is 12.5 Å². The zero-order valence-electron chi connectivity index (χ0n) is 7.75. The summed E-state index contributed by atoms with van der Waals surface area (Å²) in [5.74, 6) is -0.0289. The number of anilines is 1. The first-order valence-corrected chi connectivity index (χ1v) is 5.93. The van der Waals surface area contributed by atoms with Crippen LogP contribution in [0.5, 0.6) is 0 Å². The Hall–Kier alpha value is -1.67. The number of hydrogen-bond donors (Lipinski definition) is 2. The molecule has 84 valence electrons. The maximum Gasteiger partial charge on any atom is 0.280 e. The Balaban J connectivity index is 2.33. The van der Waals surface area contributed by atoms with Crippen molar-refractivity contribution in [2.75, 3.05) is 4.72 Å². The Bertz CT molecular complexity index is 583.